The largest absolute Gasteiger partial charge is 0.438 e. The highest BCUT2D eigenvalue weighted by atomic mass is 32.2. The van der Waals surface area contributed by atoms with Crippen LogP contribution in [0.15, 0.2) is 90.4 Å². The fourth-order valence-electron chi connectivity index (χ4n) is 10.6. The summed E-state index contributed by atoms with van der Waals surface area (Å²) in [7, 11) is -1.33. The van der Waals surface area contributed by atoms with Gasteiger partial charge in [0.05, 0.1) is 37.7 Å². The Kier molecular flexibility index (Phi) is 9.82. The lowest BCUT2D eigenvalue weighted by Crippen LogP contribution is -2.41. The van der Waals surface area contributed by atoms with Gasteiger partial charge in [-0.3, -0.25) is 23.4 Å². The van der Waals surface area contributed by atoms with Crippen LogP contribution in [0.1, 0.15) is 102 Å². The molecule has 1 N–H and O–H groups in total. The van der Waals surface area contributed by atoms with E-state index in [0.29, 0.717) is 77.4 Å². The van der Waals surface area contributed by atoms with Crippen LogP contribution in [0.3, 0.4) is 0 Å². The van der Waals surface area contributed by atoms with Gasteiger partial charge in [-0.15, -0.1) is 0 Å². The topological polar surface area (TPSA) is 168 Å². The summed E-state index contributed by atoms with van der Waals surface area (Å²) in [6.07, 6.45) is 7.21. The predicted octanol–water partition coefficient (Wildman–Crippen LogP) is 7.40. The Balaban J connectivity index is 1.04. The van der Waals surface area contributed by atoms with Crippen molar-refractivity contribution in [3.8, 4) is 17.2 Å². The zero-order valence-electron chi connectivity index (χ0n) is 37.2. The molecule has 0 bridgehead atoms. The summed E-state index contributed by atoms with van der Waals surface area (Å²) in [5.41, 5.74) is 3.36. The first-order valence-electron chi connectivity index (χ1n) is 22.5. The van der Waals surface area contributed by atoms with E-state index in [1.807, 2.05) is 23.6 Å². The predicted molar refractivity (Wildman–Crippen MR) is 242 cm³/mol. The Labute approximate surface area is 378 Å². The summed E-state index contributed by atoms with van der Waals surface area (Å²) in [6.45, 7) is 8.91. The van der Waals surface area contributed by atoms with Crippen molar-refractivity contribution in [1.29, 1.82) is 0 Å². The average Bonchev–Trinajstić information content (AvgIpc) is 4.05. The molecule has 18 heteroatoms. The van der Waals surface area contributed by atoms with Crippen molar-refractivity contribution in [2.75, 3.05) is 26.8 Å². The van der Waals surface area contributed by atoms with Crippen molar-refractivity contribution in [3.63, 3.8) is 0 Å². The van der Waals surface area contributed by atoms with Crippen LogP contribution < -0.4 is 11.4 Å². The number of hydrogen-bond acceptors (Lipinski definition) is 9. The smallest absolute Gasteiger partial charge is 0.381 e. The summed E-state index contributed by atoms with van der Waals surface area (Å²) in [5, 5.41) is 9.95. The maximum atomic E-state index is 16.1. The second-order valence-corrected chi connectivity index (χ2v) is 21.0. The standard InChI is InChI=1S/C48H49F2N9O6S/c1-26-20-33(21-27(2)42(26)50)59-43(57-17-16-56(47(57)62)39-11-9-35(24-36(39)49)66(63,51-5)34-7-8-34)41-29(4)55(15-12-37(41)53-59)44(60)40-23-32-22-31(30-13-18-64-19-14-30)6-10-38(32)58(40)48(25-28(48)3)45-52-46(61)65-54-45/h6,9-11,16-17,20-24,28-30,34H,7-8,12-15,18-19,25H2,1-5H3,(H,52,54,61)/t28-,29-,48-,66-/m0/s1. The molecular formula is C48H49F2N9O6S. The molecule has 15 nitrogen and oxygen atoms in total. The van der Waals surface area contributed by atoms with Crippen LogP contribution in [-0.2, 0) is 26.4 Å². The highest BCUT2D eigenvalue weighted by Crippen LogP contribution is 2.56. The molecule has 0 spiro atoms. The van der Waals surface area contributed by atoms with E-state index in [-0.39, 0.29) is 40.0 Å². The van der Waals surface area contributed by atoms with Gasteiger partial charge < -0.3 is 14.2 Å². The summed E-state index contributed by atoms with van der Waals surface area (Å²) < 4.78 is 66.0. The Morgan fingerprint density at radius 2 is 1.68 bits per heavy atom. The minimum Gasteiger partial charge on any atom is -0.381 e. The lowest BCUT2D eigenvalue weighted by molar-refractivity contribution is 0.0663. The number of nitrogens with one attached hydrogen (secondary N) is 1. The maximum absolute atomic E-state index is 16.1. The minimum absolute atomic E-state index is 0.00528. The summed E-state index contributed by atoms with van der Waals surface area (Å²) in [5.74, 6) is -1.09. The van der Waals surface area contributed by atoms with Gasteiger partial charge in [-0.1, -0.05) is 18.1 Å². The van der Waals surface area contributed by atoms with Gasteiger partial charge in [0.1, 0.15) is 28.7 Å². The Morgan fingerprint density at radius 1 is 0.955 bits per heavy atom. The zero-order chi connectivity index (χ0) is 46.0. The van der Waals surface area contributed by atoms with Crippen molar-refractivity contribution in [1.82, 2.24) is 38.5 Å². The first-order chi connectivity index (χ1) is 31.7. The third-order valence-electron chi connectivity index (χ3n) is 14.4. The van der Waals surface area contributed by atoms with Crippen molar-refractivity contribution in [2.45, 2.75) is 93.9 Å². The molecule has 7 aromatic rings. The second kappa shape index (κ2) is 15.3. The molecule has 4 aliphatic rings. The molecule has 11 rings (SSSR count). The molecule has 4 aromatic heterocycles. The van der Waals surface area contributed by atoms with Crippen molar-refractivity contribution >= 4 is 26.5 Å². The third kappa shape index (κ3) is 6.42. The highest BCUT2D eigenvalue weighted by Gasteiger charge is 2.59. The Morgan fingerprint density at radius 3 is 2.33 bits per heavy atom. The molecule has 1 amide bonds. The van der Waals surface area contributed by atoms with Gasteiger partial charge in [0.15, 0.2) is 5.82 Å². The molecule has 2 saturated carbocycles. The summed E-state index contributed by atoms with van der Waals surface area (Å²) >= 11 is 0. The number of nitrogens with zero attached hydrogens (tertiary/aromatic N) is 8. The maximum Gasteiger partial charge on any atom is 0.438 e. The Hall–Kier alpha value is -6.40. The average molecular weight is 918 g/mol. The van der Waals surface area contributed by atoms with Crippen LogP contribution in [0.2, 0.25) is 0 Å². The number of carbonyl (C=O) groups excluding carboxylic acids is 1. The van der Waals surface area contributed by atoms with Crippen LogP contribution in [0.4, 0.5) is 8.78 Å². The third-order valence-corrected chi connectivity index (χ3v) is 17.2. The molecule has 1 saturated heterocycles. The van der Waals surface area contributed by atoms with Crippen LogP contribution in [0, 0.1) is 31.4 Å². The fourth-order valence-corrected chi connectivity index (χ4v) is 12.8. The van der Waals surface area contributed by atoms with E-state index in [4.69, 9.17) is 14.4 Å². The van der Waals surface area contributed by atoms with Crippen LogP contribution >= 0.6 is 0 Å². The number of fused-ring (bicyclic) bond motifs is 2. The van der Waals surface area contributed by atoms with Gasteiger partial charge in [-0.25, -0.2) is 31.6 Å². The first-order valence-corrected chi connectivity index (χ1v) is 24.1. The second-order valence-electron chi connectivity index (χ2n) is 18.3. The number of aryl methyl sites for hydroxylation is 2. The molecule has 0 radical (unpaired) electrons. The van der Waals surface area contributed by atoms with E-state index >= 15 is 13.6 Å². The summed E-state index contributed by atoms with van der Waals surface area (Å²) in [6, 6.07) is 15.1. The SMILES string of the molecule is CN=[S@@](=O)(c1ccc(-n2ccn(-c3c4c(nn3-c3cc(C)c(F)c(C)c3)CCN(C(=O)c3cc5cc(C6CCOCC6)ccc5n3[C@@]3(c5noc(=O)[nH]5)C[C@@H]3C)[C@H]4C)c2=O)c(F)c1)C1CC1. The number of hydrogen-bond donors (Lipinski definition) is 1. The number of aromatic amines is 1. The van der Waals surface area contributed by atoms with Crippen LogP contribution in [0.5, 0.6) is 0 Å². The monoisotopic (exact) mass is 917 g/mol. The normalized spacial score (nSPS) is 21.8. The zero-order valence-corrected chi connectivity index (χ0v) is 38.0. The van der Waals surface area contributed by atoms with E-state index in [0.717, 1.165) is 42.1 Å². The highest BCUT2D eigenvalue weighted by molar-refractivity contribution is 7.94. The molecule has 6 heterocycles. The van der Waals surface area contributed by atoms with E-state index in [9.17, 15) is 13.8 Å². The molecular weight excluding hydrogens is 869 g/mol. The number of halogens is 2. The molecule has 0 unspecified atom stereocenters. The molecule has 4 atom stereocenters. The number of aromatic nitrogens is 7. The first kappa shape index (κ1) is 42.2. The molecule has 2 aliphatic heterocycles. The van der Waals surface area contributed by atoms with E-state index in [2.05, 4.69) is 33.6 Å². The van der Waals surface area contributed by atoms with Gasteiger partial charge in [0, 0.05) is 67.3 Å². The van der Waals surface area contributed by atoms with E-state index in [1.54, 1.807) is 41.6 Å². The van der Waals surface area contributed by atoms with Crippen LogP contribution in [-0.4, -0.2) is 80.7 Å². The molecule has 2 aliphatic carbocycles. The van der Waals surface area contributed by atoms with Gasteiger partial charge in [-0.05, 0) is 130 Å². The number of carbonyl (C=O) groups is 1. The lowest BCUT2D eigenvalue weighted by Gasteiger charge is -2.34. The quantitative estimate of drug-likeness (QED) is 0.156. The number of amides is 1. The van der Waals surface area contributed by atoms with Gasteiger partial charge in [-0.2, -0.15) is 5.10 Å². The van der Waals surface area contributed by atoms with Crippen molar-refractivity contribution < 1.29 is 27.0 Å². The minimum atomic E-state index is -2.81. The van der Waals surface area contributed by atoms with E-state index in [1.165, 1.54) is 40.7 Å². The number of rotatable bonds is 9. The fraction of sp³-hybridized carbons (Fsp3) is 0.396. The molecule has 342 valence electrons. The lowest BCUT2D eigenvalue weighted by atomic mass is 9.91. The van der Waals surface area contributed by atoms with Gasteiger partial charge >= 0.3 is 11.4 Å². The number of H-pyrrole nitrogens is 1. The molecule has 3 fully saturated rings. The molecule has 66 heavy (non-hydrogen) atoms. The number of benzene rings is 3. The van der Waals surface area contributed by atoms with Crippen LogP contribution in [0.25, 0.3) is 28.1 Å². The number of imidazole rings is 1. The van der Waals surface area contributed by atoms with Gasteiger partial charge in [0.25, 0.3) is 5.91 Å². The summed E-state index contributed by atoms with van der Waals surface area (Å²) in [4.78, 5) is 47.4. The van der Waals surface area contributed by atoms with Crippen molar-refractivity contribution in [3.05, 3.63) is 139 Å². The molecule has 3 aromatic carbocycles. The Bertz CT molecular complexity index is 3370. The number of ether oxygens (including phenoxy) is 1. The van der Waals surface area contributed by atoms with Gasteiger partial charge in [0.2, 0.25) is 0 Å². The van der Waals surface area contributed by atoms with E-state index < -0.39 is 38.6 Å². The van der Waals surface area contributed by atoms with Crippen molar-refractivity contribution in [2.24, 2.45) is 10.3 Å².